The summed E-state index contributed by atoms with van der Waals surface area (Å²) < 4.78 is 2.09. The van der Waals surface area contributed by atoms with Crippen LogP contribution in [0.25, 0.3) is 16.9 Å². The fraction of sp³-hybridized carbons (Fsp3) is 0.250. The lowest BCUT2D eigenvalue weighted by Crippen LogP contribution is -2.26. The molecule has 4 aromatic rings. The zero-order valence-corrected chi connectivity index (χ0v) is 16.6. The summed E-state index contributed by atoms with van der Waals surface area (Å²) in [5, 5.41) is 6.88. The van der Waals surface area contributed by atoms with Crippen molar-refractivity contribution < 1.29 is 0 Å². The molecule has 0 spiro atoms. The molecule has 0 saturated carbocycles. The molecule has 0 bridgehead atoms. The predicted molar refractivity (Wildman–Crippen MR) is 118 cm³/mol. The minimum atomic E-state index is 0.663. The Morgan fingerprint density at radius 3 is 2.66 bits per heavy atom. The van der Waals surface area contributed by atoms with Gasteiger partial charge in [0, 0.05) is 23.6 Å². The maximum absolute atomic E-state index is 4.69. The first kappa shape index (κ1) is 17.9. The van der Waals surface area contributed by atoms with Crippen molar-refractivity contribution in [2.75, 3.05) is 18.4 Å². The van der Waals surface area contributed by atoms with Crippen molar-refractivity contribution in [3.8, 4) is 11.3 Å². The van der Waals surface area contributed by atoms with Gasteiger partial charge in [0.25, 0.3) is 0 Å². The van der Waals surface area contributed by atoms with Gasteiger partial charge in [-0.1, -0.05) is 35.9 Å². The van der Waals surface area contributed by atoms with Gasteiger partial charge in [-0.05, 0) is 62.5 Å². The second-order valence-electron chi connectivity index (χ2n) is 7.75. The molecule has 1 saturated heterocycles. The van der Waals surface area contributed by atoms with Crippen molar-refractivity contribution in [2.45, 2.75) is 25.7 Å². The van der Waals surface area contributed by atoms with Crippen molar-refractivity contribution >= 4 is 17.2 Å². The molecule has 0 radical (unpaired) electrons. The molecule has 0 aliphatic carbocycles. The molecule has 5 rings (SSSR count). The molecule has 2 aromatic carbocycles. The Bertz CT molecular complexity index is 1120. The van der Waals surface area contributed by atoms with Crippen LogP contribution in [0.1, 0.15) is 29.9 Å². The van der Waals surface area contributed by atoms with Crippen LogP contribution in [0.2, 0.25) is 0 Å². The molecule has 3 heterocycles. The van der Waals surface area contributed by atoms with Crippen LogP contribution >= 0.6 is 0 Å². The number of nitrogens with one attached hydrogen (secondary N) is 2. The summed E-state index contributed by atoms with van der Waals surface area (Å²) in [6.45, 7) is 4.32. The van der Waals surface area contributed by atoms with Gasteiger partial charge < -0.3 is 10.6 Å². The summed E-state index contributed by atoms with van der Waals surface area (Å²) in [5.74, 6) is 1.43. The molecule has 29 heavy (non-hydrogen) atoms. The molecule has 1 aliphatic heterocycles. The van der Waals surface area contributed by atoms with E-state index in [0.717, 1.165) is 41.5 Å². The number of rotatable bonds is 4. The van der Waals surface area contributed by atoms with Crippen molar-refractivity contribution in [1.29, 1.82) is 0 Å². The Hall–Kier alpha value is -3.18. The van der Waals surface area contributed by atoms with E-state index in [1.165, 1.54) is 24.0 Å². The van der Waals surface area contributed by atoms with E-state index in [9.17, 15) is 0 Å². The summed E-state index contributed by atoms with van der Waals surface area (Å²) in [6.07, 6.45) is 8.14. The standard InChI is InChI=1S/C24H25N5/c1-17-3-2-4-20(15-17)22-16-27-23(24-26-13-14-29(22)24)28-21-7-5-18(6-8-21)19-9-11-25-12-10-19/h2-8,13-16,19,25H,9-12H2,1H3,(H,27,28). The Kier molecular flexibility index (Phi) is 4.74. The molecule has 1 aliphatic rings. The minimum Gasteiger partial charge on any atom is -0.337 e. The second kappa shape index (κ2) is 7.68. The highest BCUT2D eigenvalue weighted by Gasteiger charge is 2.15. The van der Waals surface area contributed by atoms with E-state index in [1.807, 2.05) is 18.6 Å². The minimum absolute atomic E-state index is 0.663. The number of aromatic nitrogens is 3. The monoisotopic (exact) mass is 383 g/mol. The van der Waals surface area contributed by atoms with Crippen LogP contribution in [-0.2, 0) is 0 Å². The van der Waals surface area contributed by atoms with Crippen molar-refractivity contribution in [3.63, 3.8) is 0 Å². The van der Waals surface area contributed by atoms with Gasteiger partial charge in [-0.3, -0.25) is 4.40 Å². The topological polar surface area (TPSA) is 54.2 Å². The third-order valence-electron chi connectivity index (χ3n) is 5.73. The summed E-state index contributed by atoms with van der Waals surface area (Å²) in [5.41, 5.74) is 6.68. The van der Waals surface area contributed by atoms with Crippen LogP contribution in [0.5, 0.6) is 0 Å². The Morgan fingerprint density at radius 1 is 1.03 bits per heavy atom. The zero-order chi connectivity index (χ0) is 19.6. The lowest BCUT2D eigenvalue weighted by Gasteiger charge is -2.23. The number of fused-ring (bicyclic) bond motifs is 1. The van der Waals surface area contributed by atoms with Crippen LogP contribution in [-0.4, -0.2) is 27.5 Å². The molecule has 2 aromatic heterocycles. The molecule has 0 unspecified atom stereocenters. The predicted octanol–water partition coefficient (Wildman–Crippen LogP) is 4.92. The van der Waals surface area contributed by atoms with Gasteiger partial charge >= 0.3 is 0 Å². The van der Waals surface area contributed by atoms with E-state index in [2.05, 4.69) is 80.5 Å². The average Bonchev–Trinajstić information content (AvgIpc) is 3.26. The van der Waals surface area contributed by atoms with Gasteiger partial charge in [-0.15, -0.1) is 0 Å². The zero-order valence-electron chi connectivity index (χ0n) is 16.6. The number of nitrogens with zero attached hydrogens (tertiary/aromatic N) is 3. The highest BCUT2D eigenvalue weighted by atomic mass is 15.1. The van der Waals surface area contributed by atoms with Gasteiger partial charge in [0.15, 0.2) is 11.5 Å². The van der Waals surface area contributed by atoms with Gasteiger partial charge in [0.05, 0.1) is 11.9 Å². The molecule has 2 N–H and O–H groups in total. The van der Waals surface area contributed by atoms with Crippen molar-refractivity contribution in [1.82, 2.24) is 19.7 Å². The second-order valence-corrected chi connectivity index (χ2v) is 7.75. The lowest BCUT2D eigenvalue weighted by atomic mass is 9.90. The van der Waals surface area contributed by atoms with E-state index in [-0.39, 0.29) is 0 Å². The van der Waals surface area contributed by atoms with Gasteiger partial charge in [0.1, 0.15) is 0 Å². The molecule has 5 heteroatoms. The third-order valence-corrected chi connectivity index (χ3v) is 5.73. The molecule has 5 nitrogen and oxygen atoms in total. The normalized spacial score (nSPS) is 14.9. The summed E-state index contributed by atoms with van der Waals surface area (Å²) >= 11 is 0. The van der Waals surface area contributed by atoms with Crippen LogP contribution < -0.4 is 10.6 Å². The number of imidazole rings is 1. The number of hydrogen-bond donors (Lipinski definition) is 2. The first-order chi connectivity index (χ1) is 14.3. The van der Waals surface area contributed by atoms with E-state index in [0.29, 0.717) is 5.92 Å². The van der Waals surface area contributed by atoms with E-state index in [1.54, 1.807) is 0 Å². The quantitative estimate of drug-likeness (QED) is 0.525. The molecular weight excluding hydrogens is 358 g/mol. The number of hydrogen-bond acceptors (Lipinski definition) is 4. The summed E-state index contributed by atoms with van der Waals surface area (Å²) in [7, 11) is 0. The SMILES string of the molecule is Cc1cccc(-c2cnc(Nc3ccc(C4CCNCC4)cc3)c3nccn23)c1. The van der Waals surface area contributed by atoms with Gasteiger partial charge in [0.2, 0.25) is 0 Å². The van der Waals surface area contributed by atoms with E-state index < -0.39 is 0 Å². The fourth-order valence-corrected chi connectivity index (χ4v) is 4.16. The smallest absolute Gasteiger partial charge is 0.180 e. The Morgan fingerprint density at radius 2 is 1.86 bits per heavy atom. The van der Waals surface area contributed by atoms with E-state index >= 15 is 0 Å². The highest BCUT2D eigenvalue weighted by molar-refractivity contribution is 5.74. The maximum atomic E-state index is 4.69. The van der Waals surface area contributed by atoms with Crippen molar-refractivity contribution in [2.24, 2.45) is 0 Å². The van der Waals surface area contributed by atoms with Crippen LogP contribution in [0.15, 0.2) is 67.1 Å². The largest absolute Gasteiger partial charge is 0.337 e. The van der Waals surface area contributed by atoms with Crippen LogP contribution in [0.4, 0.5) is 11.5 Å². The Labute approximate surface area is 170 Å². The van der Waals surface area contributed by atoms with Crippen molar-refractivity contribution in [3.05, 3.63) is 78.2 Å². The molecule has 0 atom stereocenters. The maximum Gasteiger partial charge on any atom is 0.180 e. The number of aryl methyl sites for hydroxylation is 1. The fourth-order valence-electron chi connectivity index (χ4n) is 4.16. The van der Waals surface area contributed by atoms with E-state index in [4.69, 9.17) is 0 Å². The lowest BCUT2D eigenvalue weighted by molar-refractivity contribution is 0.460. The third kappa shape index (κ3) is 3.61. The number of benzene rings is 2. The summed E-state index contributed by atoms with van der Waals surface area (Å²) in [4.78, 5) is 9.24. The molecule has 0 amide bonds. The molecule has 1 fully saturated rings. The van der Waals surface area contributed by atoms with Gasteiger partial charge in [-0.25, -0.2) is 9.97 Å². The molecular formula is C24H25N5. The molecule has 146 valence electrons. The van der Waals surface area contributed by atoms with Crippen LogP contribution in [0, 0.1) is 6.92 Å². The number of piperidine rings is 1. The highest BCUT2D eigenvalue weighted by Crippen LogP contribution is 2.28. The van der Waals surface area contributed by atoms with Gasteiger partial charge in [-0.2, -0.15) is 0 Å². The van der Waals surface area contributed by atoms with Crippen LogP contribution in [0.3, 0.4) is 0 Å². The first-order valence-electron chi connectivity index (χ1n) is 10.2. The number of anilines is 2. The first-order valence-corrected chi connectivity index (χ1v) is 10.2. The summed E-state index contributed by atoms with van der Waals surface area (Å²) in [6, 6.07) is 17.2. The Balaban J connectivity index is 1.43. The average molecular weight is 383 g/mol.